The summed E-state index contributed by atoms with van der Waals surface area (Å²) in [6.07, 6.45) is 4.79. The molecule has 1 N–H and O–H groups in total. The van der Waals surface area contributed by atoms with Crippen molar-refractivity contribution in [3.05, 3.63) is 89.2 Å². The molecule has 0 saturated carbocycles. The second-order valence-corrected chi connectivity index (χ2v) is 10.3. The third kappa shape index (κ3) is 6.26. The van der Waals surface area contributed by atoms with Gasteiger partial charge in [-0.1, -0.05) is 31.5 Å². The molecular formula is C29H30FNO4S. The van der Waals surface area contributed by atoms with Gasteiger partial charge in [0, 0.05) is 0 Å². The first-order chi connectivity index (χ1) is 17.4. The Kier molecular flexibility index (Phi) is 8.31. The van der Waals surface area contributed by atoms with Crippen LogP contribution >= 0.6 is 11.8 Å². The molecule has 188 valence electrons. The van der Waals surface area contributed by atoms with Gasteiger partial charge in [0.25, 0.3) is 5.24 Å². The minimum absolute atomic E-state index is 0.285. The van der Waals surface area contributed by atoms with Crippen molar-refractivity contribution in [1.82, 2.24) is 5.32 Å². The topological polar surface area (TPSA) is 64.6 Å². The molecule has 1 saturated heterocycles. The van der Waals surface area contributed by atoms with E-state index in [1.54, 1.807) is 19.1 Å². The standard InChI is InChI=1S/C29H30FNO4S/c1-3-7-21-18-26(35-24-15-12-23(30)13-16-24)14-11-20(21)8-4-5-17-34-25-10-6-9-22(19-25)29(2)27(32)31-28(33)36-29/h6,9-16,18-19H,3-5,7-8,17H2,1-2H3,(H,31,32,33). The molecule has 3 aromatic carbocycles. The smallest absolute Gasteiger partial charge is 0.287 e. The van der Waals surface area contributed by atoms with Crippen LogP contribution in [0.25, 0.3) is 0 Å². The molecular weight excluding hydrogens is 477 g/mol. The van der Waals surface area contributed by atoms with Gasteiger partial charge < -0.3 is 9.47 Å². The van der Waals surface area contributed by atoms with Crippen LogP contribution in [0.4, 0.5) is 9.18 Å². The minimum Gasteiger partial charge on any atom is -0.494 e. The molecule has 0 spiro atoms. The van der Waals surface area contributed by atoms with Crippen LogP contribution in [0.1, 0.15) is 49.8 Å². The number of imide groups is 1. The number of carbonyl (C=O) groups is 2. The zero-order valence-corrected chi connectivity index (χ0v) is 21.3. The molecule has 1 fully saturated rings. The van der Waals surface area contributed by atoms with E-state index in [1.165, 1.54) is 23.3 Å². The fourth-order valence-electron chi connectivity index (χ4n) is 4.20. The summed E-state index contributed by atoms with van der Waals surface area (Å²) in [5.41, 5.74) is 3.31. The van der Waals surface area contributed by atoms with Crippen molar-refractivity contribution in [3.63, 3.8) is 0 Å². The lowest BCUT2D eigenvalue weighted by Gasteiger charge is -2.19. The number of nitrogens with one attached hydrogen (secondary N) is 1. The van der Waals surface area contributed by atoms with Crippen molar-refractivity contribution >= 4 is 22.9 Å². The molecule has 1 unspecified atom stereocenters. The molecule has 0 aliphatic carbocycles. The van der Waals surface area contributed by atoms with E-state index in [0.717, 1.165) is 55.2 Å². The summed E-state index contributed by atoms with van der Waals surface area (Å²) >= 11 is 0.995. The Morgan fingerprint density at radius 2 is 1.67 bits per heavy atom. The number of aryl methyl sites for hydroxylation is 2. The highest BCUT2D eigenvalue weighted by molar-refractivity contribution is 8.15. The van der Waals surface area contributed by atoms with E-state index in [4.69, 9.17) is 9.47 Å². The highest BCUT2D eigenvalue weighted by atomic mass is 32.2. The van der Waals surface area contributed by atoms with Gasteiger partial charge in [-0.15, -0.1) is 0 Å². The molecule has 36 heavy (non-hydrogen) atoms. The maximum Gasteiger partial charge on any atom is 0.287 e. The van der Waals surface area contributed by atoms with Gasteiger partial charge in [0.2, 0.25) is 5.91 Å². The lowest BCUT2D eigenvalue weighted by Crippen LogP contribution is -2.31. The van der Waals surface area contributed by atoms with Gasteiger partial charge in [-0.2, -0.15) is 0 Å². The Bertz CT molecular complexity index is 1230. The number of carbonyl (C=O) groups excluding carboxylic acids is 2. The monoisotopic (exact) mass is 507 g/mol. The number of amides is 2. The number of rotatable bonds is 11. The quantitative estimate of drug-likeness (QED) is 0.279. The zero-order valence-electron chi connectivity index (χ0n) is 20.5. The zero-order chi connectivity index (χ0) is 25.5. The van der Waals surface area contributed by atoms with Crippen LogP contribution in [0.15, 0.2) is 66.7 Å². The van der Waals surface area contributed by atoms with E-state index >= 15 is 0 Å². The van der Waals surface area contributed by atoms with Crippen molar-refractivity contribution in [2.45, 2.75) is 50.7 Å². The molecule has 0 aromatic heterocycles. The first-order valence-electron chi connectivity index (χ1n) is 12.2. The highest BCUT2D eigenvalue weighted by Gasteiger charge is 2.45. The first-order valence-corrected chi connectivity index (χ1v) is 13.0. The Morgan fingerprint density at radius 3 is 2.39 bits per heavy atom. The Hall–Kier alpha value is -3.32. The van der Waals surface area contributed by atoms with Crippen LogP contribution in [0.5, 0.6) is 17.2 Å². The average molecular weight is 508 g/mol. The highest BCUT2D eigenvalue weighted by Crippen LogP contribution is 2.41. The van der Waals surface area contributed by atoms with E-state index in [-0.39, 0.29) is 17.0 Å². The van der Waals surface area contributed by atoms with Gasteiger partial charge in [-0.05, 0) is 110 Å². The predicted molar refractivity (Wildman–Crippen MR) is 140 cm³/mol. The lowest BCUT2D eigenvalue weighted by molar-refractivity contribution is -0.121. The second kappa shape index (κ2) is 11.6. The van der Waals surface area contributed by atoms with Crippen LogP contribution in [-0.4, -0.2) is 17.8 Å². The third-order valence-electron chi connectivity index (χ3n) is 6.19. The fraction of sp³-hybridized carbons (Fsp3) is 0.310. The van der Waals surface area contributed by atoms with Crippen LogP contribution in [0, 0.1) is 5.82 Å². The second-order valence-electron chi connectivity index (χ2n) is 8.95. The van der Waals surface area contributed by atoms with E-state index in [0.29, 0.717) is 18.1 Å². The Morgan fingerprint density at radius 1 is 0.889 bits per heavy atom. The van der Waals surface area contributed by atoms with Crippen LogP contribution < -0.4 is 14.8 Å². The Balaban J connectivity index is 1.30. The van der Waals surface area contributed by atoms with E-state index in [2.05, 4.69) is 24.4 Å². The van der Waals surface area contributed by atoms with Crippen molar-refractivity contribution < 1.29 is 23.5 Å². The number of unbranched alkanes of at least 4 members (excludes halogenated alkanes) is 1. The van der Waals surface area contributed by atoms with Crippen LogP contribution in [0.2, 0.25) is 0 Å². The molecule has 5 nitrogen and oxygen atoms in total. The number of hydrogen-bond donors (Lipinski definition) is 1. The maximum atomic E-state index is 13.1. The maximum absolute atomic E-state index is 13.1. The Labute approximate surface area is 215 Å². The number of thioether (sulfide) groups is 1. The molecule has 4 rings (SSSR count). The van der Waals surface area contributed by atoms with Gasteiger partial charge >= 0.3 is 0 Å². The SMILES string of the molecule is CCCc1cc(Oc2ccc(F)cc2)ccc1CCCCOc1cccc(C2(C)SC(=O)NC2=O)c1. The third-order valence-corrected chi connectivity index (χ3v) is 7.30. The summed E-state index contributed by atoms with van der Waals surface area (Å²) in [5.74, 6) is 1.47. The largest absolute Gasteiger partial charge is 0.494 e. The summed E-state index contributed by atoms with van der Waals surface area (Å²) in [4.78, 5) is 23.9. The van der Waals surface area contributed by atoms with Gasteiger partial charge in [0.1, 0.15) is 27.8 Å². The van der Waals surface area contributed by atoms with E-state index < -0.39 is 4.75 Å². The average Bonchev–Trinajstić information content (AvgIpc) is 3.14. The molecule has 1 aliphatic rings. The number of hydrogen-bond acceptors (Lipinski definition) is 5. The summed E-state index contributed by atoms with van der Waals surface area (Å²) < 4.78 is 24.1. The predicted octanol–water partition coefficient (Wildman–Crippen LogP) is 7.17. The normalized spacial score (nSPS) is 17.2. The lowest BCUT2D eigenvalue weighted by atomic mass is 9.98. The molecule has 2 amide bonds. The molecule has 3 aromatic rings. The summed E-state index contributed by atoms with van der Waals surface area (Å²) in [5, 5.41) is 2.03. The van der Waals surface area contributed by atoms with E-state index in [1.807, 2.05) is 30.3 Å². The summed E-state index contributed by atoms with van der Waals surface area (Å²) in [6, 6.07) is 19.6. The molecule has 1 aliphatic heterocycles. The van der Waals surface area contributed by atoms with Gasteiger partial charge in [-0.25, -0.2) is 4.39 Å². The van der Waals surface area contributed by atoms with Crippen molar-refractivity contribution in [1.29, 1.82) is 0 Å². The molecule has 7 heteroatoms. The van der Waals surface area contributed by atoms with Crippen molar-refractivity contribution in [3.8, 4) is 17.2 Å². The molecule has 0 radical (unpaired) electrons. The van der Waals surface area contributed by atoms with Gasteiger partial charge in [0.15, 0.2) is 0 Å². The molecule has 1 heterocycles. The number of halogens is 1. The fourth-order valence-corrected chi connectivity index (χ4v) is 5.10. The van der Waals surface area contributed by atoms with Gasteiger partial charge in [0.05, 0.1) is 6.61 Å². The van der Waals surface area contributed by atoms with Crippen LogP contribution in [-0.2, 0) is 22.4 Å². The van der Waals surface area contributed by atoms with Crippen molar-refractivity contribution in [2.75, 3.05) is 6.61 Å². The van der Waals surface area contributed by atoms with E-state index in [9.17, 15) is 14.0 Å². The summed E-state index contributed by atoms with van der Waals surface area (Å²) in [6.45, 7) is 4.47. The minimum atomic E-state index is -0.932. The van der Waals surface area contributed by atoms with Crippen LogP contribution in [0.3, 0.4) is 0 Å². The van der Waals surface area contributed by atoms with Crippen molar-refractivity contribution in [2.24, 2.45) is 0 Å². The number of ether oxygens (including phenoxy) is 2. The summed E-state index contributed by atoms with van der Waals surface area (Å²) in [7, 11) is 0. The number of benzene rings is 3. The van der Waals surface area contributed by atoms with Gasteiger partial charge in [-0.3, -0.25) is 14.9 Å². The first kappa shape index (κ1) is 25.8. The molecule has 0 bridgehead atoms. The molecule has 1 atom stereocenters.